The van der Waals surface area contributed by atoms with Crippen LogP contribution in [-0.4, -0.2) is 6.10 Å². The molecule has 0 aromatic heterocycles. The lowest BCUT2D eigenvalue weighted by Crippen LogP contribution is -2.12. The Morgan fingerprint density at radius 3 is 2.15 bits per heavy atom. The molecule has 0 amide bonds. The third-order valence-electron chi connectivity index (χ3n) is 3.17. The molecule has 20 heavy (non-hydrogen) atoms. The molecule has 0 spiro atoms. The second-order valence-electron chi connectivity index (χ2n) is 5.22. The van der Waals surface area contributed by atoms with Gasteiger partial charge >= 0.3 is 0 Å². The van der Waals surface area contributed by atoms with Crippen molar-refractivity contribution in [2.75, 3.05) is 0 Å². The van der Waals surface area contributed by atoms with Gasteiger partial charge in [0.1, 0.15) is 5.75 Å². The summed E-state index contributed by atoms with van der Waals surface area (Å²) in [6.45, 7) is 6.10. The zero-order chi connectivity index (χ0) is 14.7. The van der Waals surface area contributed by atoms with Gasteiger partial charge in [-0.15, -0.1) is 0 Å². The van der Waals surface area contributed by atoms with Gasteiger partial charge in [0.15, 0.2) is 0 Å². The Hall–Kier alpha value is -1.32. The van der Waals surface area contributed by atoms with Crippen LogP contribution in [0.4, 0.5) is 0 Å². The largest absolute Gasteiger partial charge is 0.491 e. The van der Waals surface area contributed by atoms with E-state index in [1.54, 1.807) is 0 Å². The van der Waals surface area contributed by atoms with E-state index in [-0.39, 0.29) is 12.1 Å². The van der Waals surface area contributed by atoms with Gasteiger partial charge in [-0.1, -0.05) is 40.2 Å². The fourth-order valence-electron chi connectivity index (χ4n) is 2.02. The van der Waals surface area contributed by atoms with Gasteiger partial charge in [0, 0.05) is 4.47 Å². The molecule has 0 saturated carbocycles. The standard InChI is InChI=1S/C17H20BrNO/c1-11(2)20-15-8-6-13(7-9-15)17(19)14-5-4-12(3)16(18)10-14/h4-11,17H,19H2,1-3H3. The van der Waals surface area contributed by atoms with E-state index in [2.05, 4.69) is 41.1 Å². The molecule has 2 rings (SSSR count). The van der Waals surface area contributed by atoms with Crippen LogP contribution in [0.1, 0.15) is 36.6 Å². The van der Waals surface area contributed by atoms with Gasteiger partial charge < -0.3 is 10.5 Å². The number of rotatable bonds is 4. The van der Waals surface area contributed by atoms with Crippen molar-refractivity contribution in [1.82, 2.24) is 0 Å². The van der Waals surface area contributed by atoms with E-state index in [1.807, 2.05) is 38.1 Å². The van der Waals surface area contributed by atoms with E-state index >= 15 is 0 Å². The van der Waals surface area contributed by atoms with Gasteiger partial charge in [-0.3, -0.25) is 0 Å². The summed E-state index contributed by atoms with van der Waals surface area (Å²) in [6.07, 6.45) is 0.183. The fourth-order valence-corrected chi connectivity index (χ4v) is 2.42. The Bertz CT molecular complexity index is 578. The highest BCUT2D eigenvalue weighted by atomic mass is 79.9. The number of ether oxygens (including phenoxy) is 1. The van der Waals surface area contributed by atoms with Gasteiger partial charge in [0.05, 0.1) is 12.1 Å². The maximum atomic E-state index is 6.32. The van der Waals surface area contributed by atoms with Crippen molar-refractivity contribution in [2.24, 2.45) is 5.73 Å². The minimum atomic E-state index is -0.125. The Morgan fingerprint density at radius 2 is 1.60 bits per heavy atom. The summed E-state index contributed by atoms with van der Waals surface area (Å²) in [6, 6.07) is 14.1. The van der Waals surface area contributed by atoms with Crippen molar-refractivity contribution in [1.29, 1.82) is 0 Å². The summed E-state index contributed by atoms with van der Waals surface area (Å²) < 4.78 is 6.73. The molecule has 2 N–H and O–H groups in total. The number of hydrogen-bond donors (Lipinski definition) is 1. The fraction of sp³-hybridized carbons (Fsp3) is 0.294. The first-order valence-electron chi connectivity index (χ1n) is 6.75. The number of benzene rings is 2. The smallest absolute Gasteiger partial charge is 0.119 e. The first-order chi connectivity index (χ1) is 9.47. The highest BCUT2D eigenvalue weighted by Gasteiger charge is 2.10. The predicted molar refractivity (Wildman–Crippen MR) is 87.1 cm³/mol. The summed E-state index contributed by atoms with van der Waals surface area (Å²) in [7, 11) is 0. The molecule has 106 valence electrons. The zero-order valence-corrected chi connectivity index (χ0v) is 13.6. The average molecular weight is 334 g/mol. The molecule has 0 aliphatic heterocycles. The molecule has 0 bridgehead atoms. The van der Waals surface area contributed by atoms with E-state index in [0.717, 1.165) is 21.3 Å². The Balaban J connectivity index is 2.20. The molecule has 2 aromatic rings. The Labute approximate surface area is 129 Å². The molecule has 2 nitrogen and oxygen atoms in total. The molecular formula is C17H20BrNO. The van der Waals surface area contributed by atoms with Crippen LogP contribution in [0.5, 0.6) is 5.75 Å². The number of halogens is 1. The van der Waals surface area contributed by atoms with Gasteiger partial charge in [-0.2, -0.15) is 0 Å². The maximum Gasteiger partial charge on any atom is 0.119 e. The molecule has 3 heteroatoms. The van der Waals surface area contributed by atoms with Crippen LogP contribution < -0.4 is 10.5 Å². The SMILES string of the molecule is Cc1ccc(C(N)c2ccc(OC(C)C)cc2)cc1Br. The highest BCUT2D eigenvalue weighted by Crippen LogP contribution is 2.26. The van der Waals surface area contributed by atoms with Gasteiger partial charge in [-0.25, -0.2) is 0 Å². The monoisotopic (exact) mass is 333 g/mol. The van der Waals surface area contributed by atoms with E-state index < -0.39 is 0 Å². The van der Waals surface area contributed by atoms with Crippen LogP contribution in [0.25, 0.3) is 0 Å². The first-order valence-corrected chi connectivity index (χ1v) is 7.55. The molecule has 0 saturated heterocycles. The minimum Gasteiger partial charge on any atom is -0.491 e. The molecule has 2 aromatic carbocycles. The number of hydrogen-bond acceptors (Lipinski definition) is 2. The Morgan fingerprint density at radius 1 is 1.00 bits per heavy atom. The van der Waals surface area contributed by atoms with E-state index in [4.69, 9.17) is 10.5 Å². The second-order valence-corrected chi connectivity index (χ2v) is 6.08. The lowest BCUT2D eigenvalue weighted by molar-refractivity contribution is 0.242. The molecule has 1 atom stereocenters. The molecule has 0 aliphatic rings. The molecule has 1 unspecified atom stereocenters. The van der Waals surface area contributed by atoms with Crippen molar-refractivity contribution in [3.05, 3.63) is 63.6 Å². The topological polar surface area (TPSA) is 35.2 Å². The van der Waals surface area contributed by atoms with Crippen LogP contribution in [-0.2, 0) is 0 Å². The lowest BCUT2D eigenvalue weighted by Gasteiger charge is -2.15. The molecule has 0 heterocycles. The summed E-state index contributed by atoms with van der Waals surface area (Å²) in [5, 5.41) is 0. The quantitative estimate of drug-likeness (QED) is 0.887. The molecule has 0 fully saturated rings. The van der Waals surface area contributed by atoms with Crippen molar-refractivity contribution < 1.29 is 4.74 Å². The van der Waals surface area contributed by atoms with Crippen LogP contribution in [0.3, 0.4) is 0 Å². The van der Waals surface area contributed by atoms with E-state index in [1.165, 1.54) is 5.56 Å². The highest BCUT2D eigenvalue weighted by molar-refractivity contribution is 9.10. The molecule has 0 aliphatic carbocycles. The van der Waals surface area contributed by atoms with Crippen LogP contribution in [0, 0.1) is 6.92 Å². The normalized spacial score (nSPS) is 12.5. The molecular weight excluding hydrogens is 314 g/mol. The zero-order valence-electron chi connectivity index (χ0n) is 12.1. The second kappa shape index (κ2) is 6.42. The van der Waals surface area contributed by atoms with Crippen LogP contribution in [0.15, 0.2) is 46.9 Å². The van der Waals surface area contributed by atoms with E-state index in [0.29, 0.717) is 0 Å². The summed E-state index contributed by atoms with van der Waals surface area (Å²) in [5.41, 5.74) is 9.71. The van der Waals surface area contributed by atoms with E-state index in [9.17, 15) is 0 Å². The van der Waals surface area contributed by atoms with Crippen molar-refractivity contribution in [3.8, 4) is 5.75 Å². The van der Waals surface area contributed by atoms with Crippen LogP contribution >= 0.6 is 15.9 Å². The average Bonchev–Trinajstić information content (AvgIpc) is 2.41. The van der Waals surface area contributed by atoms with Crippen molar-refractivity contribution >= 4 is 15.9 Å². The van der Waals surface area contributed by atoms with Crippen LogP contribution in [0.2, 0.25) is 0 Å². The third kappa shape index (κ3) is 3.62. The lowest BCUT2D eigenvalue weighted by atomic mass is 9.99. The van der Waals surface area contributed by atoms with Gasteiger partial charge in [0.25, 0.3) is 0 Å². The summed E-state index contributed by atoms with van der Waals surface area (Å²) in [5.74, 6) is 0.876. The minimum absolute atomic E-state index is 0.125. The number of aryl methyl sites for hydroxylation is 1. The van der Waals surface area contributed by atoms with Crippen molar-refractivity contribution in [3.63, 3.8) is 0 Å². The number of nitrogens with two attached hydrogens (primary N) is 1. The summed E-state index contributed by atoms with van der Waals surface area (Å²) >= 11 is 3.55. The summed E-state index contributed by atoms with van der Waals surface area (Å²) in [4.78, 5) is 0. The van der Waals surface area contributed by atoms with Gasteiger partial charge in [0.2, 0.25) is 0 Å². The van der Waals surface area contributed by atoms with Gasteiger partial charge in [-0.05, 0) is 55.7 Å². The maximum absolute atomic E-state index is 6.32. The third-order valence-corrected chi connectivity index (χ3v) is 4.02. The van der Waals surface area contributed by atoms with Crippen molar-refractivity contribution in [2.45, 2.75) is 32.9 Å². The Kier molecular flexibility index (Phi) is 4.84. The first kappa shape index (κ1) is 15.1. The molecule has 0 radical (unpaired) electrons. The predicted octanol–water partition coefficient (Wildman–Crippen LogP) is 4.59.